The molecule has 0 bridgehead atoms. The summed E-state index contributed by atoms with van der Waals surface area (Å²) >= 11 is 0. The van der Waals surface area contributed by atoms with Gasteiger partial charge in [-0.05, 0) is 19.9 Å². The van der Waals surface area contributed by atoms with Crippen molar-refractivity contribution in [3.8, 4) is 0 Å². The lowest BCUT2D eigenvalue weighted by Gasteiger charge is -2.26. The SMILES string of the molecule is CCCCN(CC(N)=O)C(C)C(=O)c1ccccc1. The Morgan fingerprint density at radius 3 is 2.42 bits per heavy atom. The number of unbranched alkanes of at least 4 members (excludes halogenated alkanes) is 1. The van der Waals surface area contributed by atoms with E-state index in [1.165, 1.54) is 0 Å². The largest absolute Gasteiger partial charge is 0.369 e. The van der Waals surface area contributed by atoms with Gasteiger partial charge in [0, 0.05) is 5.56 Å². The summed E-state index contributed by atoms with van der Waals surface area (Å²) in [6.07, 6.45) is 1.96. The first-order valence-corrected chi connectivity index (χ1v) is 6.67. The van der Waals surface area contributed by atoms with Crippen LogP contribution in [0.5, 0.6) is 0 Å². The van der Waals surface area contributed by atoms with E-state index in [0.717, 1.165) is 12.8 Å². The molecule has 0 spiro atoms. The smallest absolute Gasteiger partial charge is 0.231 e. The molecule has 4 nitrogen and oxygen atoms in total. The third-order valence-corrected chi connectivity index (χ3v) is 3.14. The van der Waals surface area contributed by atoms with Gasteiger partial charge in [0.15, 0.2) is 5.78 Å². The quantitative estimate of drug-likeness (QED) is 0.727. The Balaban J connectivity index is 2.77. The molecule has 1 amide bonds. The summed E-state index contributed by atoms with van der Waals surface area (Å²) < 4.78 is 0. The summed E-state index contributed by atoms with van der Waals surface area (Å²) in [6, 6.07) is 8.80. The second kappa shape index (κ2) is 7.69. The van der Waals surface area contributed by atoms with Crippen LogP contribution >= 0.6 is 0 Å². The molecule has 104 valence electrons. The molecule has 0 aliphatic rings. The van der Waals surface area contributed by atoms with Crippen molar-refractivity contribution in [1.29, 1.82) is 0 Å². The van der Waals surface area contributed by atoms with Crippen LogP contribution in [-0.2, 0) is 4.79 Å². The minimum atomic E-state index is -0.399. The highest BCUT2D eigenvalue weighted by molar-refractivity contribution is 6.00. The second-order valence-corrected chi connectivity index (χ2v) is 4.70. The molecule has 0 saturated heterocycles. The highest BCUT2D eigenvalue weighted by Gasteiger charge is 2.23. The number of hydrogen-bond acceptors (Lipinski definition) is 3. The molecule has 0 radical (unpaired) electrons. The van der Waals surface area contributed by atoms with Gasteiger partial charge in [-0.1, -0.05) is 43.7 Å². The third-order valence-electron chi connectivity index (χ3n) is 3.14. The van der Waals surface area contributed by atoms with Crippen LogP contribution in [0.3, 0.4) is 0 Å². The van der Waals surface area contributed by atoms with Crippen molar-refractivity contribution in [1.82, 2.24) is 4.90 Å². The average molecular weight is 262 g/mol. The number of nitrogens with zero attached hydrogens (tertiary/aromatic N) is 1. The molecule has 1 unspecified atom stereocenters. The summed E-state index contributed by atoms with van der Waals surface area (Å²) in [5.74, 6) is -0.373. The first-order chi connectivity index (χ1) is 9.06. The Hall–Kier alpha value is -1.68. The van der Waals surface area contributed by atoms with Crippen molar-refractivity contribution < 1.29 is 9.59 Å². The van der Waals surface area contributed by atoms with Crippen LogP contribution in [0, 0.1) is 0 Å². The van der Waals surface area contributed by atoms with E-state index in [9.17, 15) is 9.59 Å². The van der Waals surface area contributed by atoms with Crippen molar-refractivity contribution >= 4 is 11.7 Å². The van der Waals surface area contributed by atoms with Crippen LogP contribution < -0.4 is 5.73 Å². The molecule has 0 aliphatic heterocycles. The minimum Gasteiger partial charge on any atom is -0.369 e. The fourth-order valence-electron chi connectivity index (χ4n) is 1.98. The first-order valence-electron chi connectivity index (χ1n) is 6.67. The zero-order valence-electron chi connectivity index (χ0n) is 11.6. The monoisotopic (exact) mass is 262 g/mol. The van der Waals surface area contributed by atoms with E-state index in [2.05, 4.69) is 6.92 Å². The number of nitrogens with two attached hydrogens (primary N) is 1. The molecule has 0 heterocycles. The number of amides is 1. The number of hydrogen-bond donors (Lipinski definition) is 1. The number of Topliss-reactive ketones (excluding diaryl/α,β-unsaturated/α-hetero) is 1. The van der Waals surface area contributed by atoms with E-state index in [1.807, 2.05) is 30.0 Å². The van der Waals surface area contributed by atoms with Crippen molar-refractivity contribution in [2.45, 2.75) is 32.7 Å². The molecular weight excluding hydrogens is 240 g/mol. The summed E-state index contributed by atoms with van der Waals surface area (Å²) in [6.45, 7) is 4.74. The zero-order chi connectivity index (χ0) is 14.3. The van der Waals surface area contributed by atoms with E-state index >= 15 is 0 Å². The number of carbonyl (C=O) groups is 2. The molecule has 0 fully saturated rings. The number of primary amides is 1. The Morgan fingerprint density at radius 2 is 1.89 bits per heavy atom. The molecule has 1 atom stereocenters. The summed E-state index contributed by atoms with van der Waals surface area (Å²) in [7, 11) is 0. The predicted octanol–water partition coefficient (Wildman–Crippen LogP) is 1.85. The van der Waals surface area contributed by atoms with Gasteiger partial charge in [0.25, 0.3) is 0 Å². The van der Waals surface area contributed by atoms with Gasteiger partial charge in [0.1, 0.15) is 0 Å². The highest BCUT2D eigenvalue weighted by Crippen LogP contribution is 2.10. The van der Waals surface area contributed by atoms with E-state index in [-0.39, 0.29) is 18.4 Å². The van der Waals surface area contributed by atoms with Crippen LogP contribution in [0.25, 0.3) is 0 Å². The molecule has 0 aliphatic carbocycles. The maximum absolute atomic E-state index is 12.3. The van der Waals surface area contributed by atoms with Crippen LogP contribution in [0.15, 0.2) is 30.3 Å². The van der Waals surface area contributed by atoms with Gasteiger partial charge >= 0.3 is 0 Å². The van der Waals surface area contributed by atoms with Gasteiger partial charge in [0.2, 0.25) is 5.91 Å². The molecule has 4 heteroatoms. The Morgan fingerprint density at radius 1 is 1.26 bits per heavy atom. The normalized spacial score (nSPS) is 12.4. The van der Waals surface area contributed by atoms with Crippen LogP contribution in [0.1, 0.15) is 37.0 Å². The predicted molar refractivity (Wildman–Crippen MR) is 75.9 cm³/mol. The molecule has 2 N–H and O–H groups in total. The molecule has 1 rings (SSSR count). The van der Waals surface area contributed by atoms with Crippen LogP contribution in [-0.4, -0.2) is 35.7 Å². The fraction of sp³-hybridized carbons (Fsp3) is 0.467. The topological polar surface area (TPSA) is 63.4 Å². The summed E-state index contributed by atoms with van der Waals surface area (Å²) in [5.41, 5.74) is 5.92. The first kappa shape index (κ1) is 15.4. The van der Waals surface area contributed by atoms with Gasteiger partial charge in [0.05, 0.1) is 12.6 Å². The molecule has 19 heavy (non-hydrogen) atoms. The number of ketones is 1. The maximum atomic E-state index is 12.3. The van der Waals surface area contributed by atoms with Gasteiger partial charge in [-0.15, -0.1) is 0 Å². The van der Waals surface area contributed by atoms with Gasteiger partial charge in [-0.25, -0.2) is 0 Å². The number of carbonyl (C=O) groups excluding carboxylic acids is 2. The molecule has 0 aromatic heterocycles. The summed E-state index contributed by atoms with van der Waals surface area (Å²) in [4.78, 5) is 25.3. The average Bonchev–Trinajstić information content (AvgIpc) is 2.42. The Kier molecular flexibility index (Phi) is 6.22. The lowest BCUT2D eigenvalue weighted by molar-refractivity contribution is -0.119. The van der Waals surface area contributed by atoms with Crippen molar-refractivity contribution in [2.75, 3.05) is 13.1 Å². The third kappa shape index (κ3) is 4.83. The van der Waals surface area contributed by atoms with Crippen LogP contribution in [0.2, 0.25) is 0 Å². The lowest BCUT2D eigenvalue weighted by atomic mass is 10.0. The maximum Gasteiger partial charge on any atom is 0.231 e. The van der Waals surface area contributed by atoms with Crippen molar-refractivity contribution in [3.05, 3.63) is 35.9 Å². The fourth-order valence-corrected chi connectivity index (χ4v) is 1.98. The minimum absolute atomic E-state index is 0.0259. The lowest BCUT2D eigenvalue weighted by Crippen LogP contribution is -2.44. The van der Waals surface area contributed by atoms with Gasteiger partial charge in [-0.2, -0.15) is 0 Å². The number of benzene rings is 1. The van der Waals surface area contributed by atoms with Gasteiger partial charge < -0.3 is 5.73 Å². The van der Waals surface area contributed by atoms with Crippen molar-refractivity contribution in [3.63, 3.8) is 0 Å². The number of rotatable bonds is 8. The highest BCUT2D eigenvalue weighted by atomic mass is 16.1. The molecule has 1 aromatic rings. The van der Waals surface area contributed by atoms with E-state index < -0.39 is 5.91 Å². The van der Waals surface area contributed by atoms with Crippen LogP contribution in [0.4, 0.5) is 0 Å². The molecular formula is C15H22N2O2. The van der Waals surface area contributed by atoms with E-state index in [4.69, 9.17) is 5.73 Å². The molecule has 0 saturated carbocycles. The zero-order valence-corrected chi connectivity index (χ0v) is 11.6. The second-order valence-electron chi connectivity index (χ2n) is 4.70. The van der Waals surface area contributed by atoms with Gasteiger partial charge in [-0.3, -0.25) is 14.5 Å². The standard InChI is InChI=1S/C15H22N2O2/c1-3-4-10-17(11-14(16)18)12(2)15(19)13-8-6-5-7-9-13/h5-9,12H,3-4,10-11H2,1-2H3,(H2,16,18). The molecule has 1 aromatic carbocycles. The Bertz CT molecular complexity index is 417. The van der Waals surface area contributed by atoms with Crippen molar-refractivity contribution in [2.24, 2.45) is 5.73 Å². The van der Waals surface area contributed by atoms with E-state index in [0.29, 0.717) is 12.1 Å². The summed E-state index contributed by atoms with van der Waals surface area (Å²) in [5, 5.41) is 0. The Labute approximate surface area is 114 Å². The van der Waals surface area contributed by atoms with E-state index in [1.54, 1.807) is 12.1 Å².